The van der Waals surface area contributed by atoms with Crippen molar-refractivity contribution in [3.8, 4) is 0 Å². The van der Waals surface area contributed by atoms with Gasteiger partial charge in [0.25, 0.3) is 0 Å². The molecule has 0 saturated heterocycles. The van der Waals surface area contributed by atoms with Crippen molar-refractivity contribution in [1.29, 1.82) is 0 Å². The standard InChI is InChI=1S/C14H20FNO2/c1-5-10(2)16(3)9-11-6-7-12(13(15)8-11)14(17)18-4/h6-8,10H,5,9H2,1-4H3. The molecule has 4 heteroatoms. The first-order chi connectivity index (χ1) is 8.49. The number of methoxy groups -OCH3 is 1. The Morgan fingerprint density at radius 2 is 2.17 bits per heavy atom. The molecule has 0 N–H and O–H groups in total. The van der Waals surface area contributed by atoms with E-state index in [4.69, 9.17) is 0 Å². The van der Waals surface area contributed by atoms with E-state index in [0.717, 1.165) is 12.0 Å². The zero-order valence-electron chi connectivity index (χ0n) is 11.4. The third-order valence-corrected chi connectivity index (χ3v) is 3.21. The van der Waals surface area contributed by atoms with Crippen LogP contribution in [-0.4, -0.2) is 31.1 Å². The summed E-state index contributed by atoms with van der Waals surface area (Å²) in [7, 11) is 3.24. The summed E-state index contributed by atoms with van der Waals surface area (Å²) in [6.45, 7) is 4.90. The number of carbonyl (C=O) groups is 1. The molecule has 0 aliphatic rings. The van der Waals surface area contributed by atoms with Gasteiger partial charge in [-0.1, -0.05) is 13.0 Å². The highest BCUT2D eigenvalue weighted by Crippen LogP contribution is 2.14. The number of halogens is 1. The van der Waals surface area contributed by atoms with Crippen molar-refractivity contribution in [3.05, 3.63) is 35.1 Å². The topological polar surface area (TPSA) is 29.5 Å². The van der Waals surface area contributed by atoms with Crippen LogP contribution in [0.4, 0.5) is 4.39 Å². The fraction of sp³-hybridized carbons (Fsp3) is 0.500. The molecule has 100 valence electrons. The van der Waals surface area contributed by atoms with Crippen LogP contribution >= 0.6 is 0 Å². The predicted octanol–water partition coefficient (Wildman–Crippen LogP) is 2.84. The minimum absolute atomic E-state index is 0.0209. The van der Waals surface area contributed by atoms with Crippen molar-refractivity contribution < 1.29 is 13.9 Å². The molecule has 3 nitrogen and oxygen atoms in total. The molecule has 1 rings (SSSR count). The van der Waals surface area contributed by atoms with E-state index in [1.165, 1.54) is 19.2 Å². The third kappa shape index (κ3) is 3.53. The lowest BCUT2D eigenvalue weighted by molar-refractivity contribution is 0.0595. The largest absolute Gasteiger partial charge is 0.465 e. The van der Waals surface area contributed by atoms with Gasteiger partial charge in [0.1, 0.15) is 5.82 Å². The molecule has 1 aromatic rings. The van der Waals surface area contributed by atoms with Gasteiger partial charge >= 0.3 is 5.97 Å². The van der Waals surface area contributed by atoms with Crippen molar-refractivity contribution in [3.63, 3.8) is 0 Å². The second-order valence-electron chi connectivity index (χ2n) is 4.48. The van der Waals surface area contributed by atoms with Gasteiger partial charge in [-0.3, -0.25) is 4.90 Å². The van der Waals surface area contributed by atoms with E-state index in [1.807, 2.05) is 7.05 Å². The van der Waals surface area contributed by atoms with Crippen LogP contribution in [0.2, 0.25) is 0 Å². The van der Waals surface area contributed by atoms with Crippen LogP contribution < -0.4 is 0 Å². The van der Waals surface area contributed by atoms with E-state index in [9.17, 15) is 9.18 Å². The van der Waals surface area contributed by atoms with Gasteiger partial charge in [0.2, 0.25) is 0 Å². The first kappa shape index (κ1) is 14.6. The Labute approximate surface area is 108 Å². The number of benzene rings is 1. The smallest absolute Gasteiger partial charge is 0.340 e. The van der Waals surface area contributed by atoms with Crippen LogP contribution in [0.1, 0.15) is 36.2 Å². The number of hydrogen-bond donors (Lipinski definition) is 0. The number of nitrogens with zero attached hydrogens (tertiary/aromatic N) is 1. The summed E-state index contributed by atoms with van der Waals surface area (Å²) >= 11 is 0. The van der Waals surface area contributed by atoms with Crippen LogP contribution in [0.5, 0.6) is 0 Å². The molecule has 0 aromatic heterocycles. The molecule has 0 bridgehead atoms. The second-order valence-corrected chi connectivity index (χ2v) is 4.48. The van der Waals surface area contributed by atoms with Crippen molar-refractivity contribution >= 4 is 5.97 Å². The molecule has 0 spiro atoms. The molecule has 0 radical (unpaired) electrons. The minimum atomic E-state index is -0.644. The van der Waals surface area contributed by atoms with Gasteiger partial charge < -0.3 is 4.74 Å². The Morgan fingerprint density at radius 3 is 2.67 bits per heavy atom. The summed E-state index contributed by atoms with van der Waals surface area (Å²) in [5.41, 5.74) is 0.829. The van der Waals surface area contributed by atoms with E-state index in [1.54, 1.807) is 6.07 Å². The lowest BCUT2D eigenvalue weighted by atomic mass is 10.1. The highest BCUT2D eigenvalue weighted by atomic mass is 19.1. The molecule has 0 heterocycles. The number of rotatable bonds is 5. The van der Waals surface area contributed by atoms with Crippen molar-refractivity contribution in [1.82, 2.24) is 4.90 Å². The van der Waals surface area contributed by atoms with Gasteiger partial charge in [-0.25, -0.2) is 9.18 Å². The fourth-order valence-electron chi connectivity index (χ4n) is 1.69. The lowest BCUT2D eigenvalue weighted by Crippen LogP contribution is -2.27. The van der Waals surface area contributed by atoms with Gasteiger partial charge in [-0.05, 0) is 38.1 Å². The normalized spacial score (nSPS) is 12.6. The van der Waals surface area contributed by atoms with Gasteiger partial charge in [-0.2, -0.15) is 0 Å². The molecule has 0 aliphatic heterocycles. The zero-order chi connectivity index (χ0) is 13.7. The molecular formula is C14H20FNO2. The number of esters is 1. The maximum absolute atomic E-state index is 13.7. The van der Waals surface area contributed by atoms with Gasteiger partial charge in [0.05, 0.1) is 12.7 Å². The van der Waals surface area contributed by atoms with Crippen LogP contribution in [0.25, 0.3) is 0 Å². The third-order valence-electron chi connectivity index (χ3n) is 3.21. The molecule has 0 aliphatic carbocycles. The number of ether oxygens (including phenoxy) is 1. The first-order valence-corrected chi connectivity index (χ1v) is 6.06. The summed E-state index contributed by atoms with van der Waals surface area (Å²) in [4.78, 5) is 13.4. The van der Waals surface area contributed by atoms with Crippen LogP contribution in [0.3, 0.4) is 0 Å². The van der Waals surface area contributed by atoms with Crippen molar-refractivity contribution in [2.45, 2.75) is 32.9 Å². The SMILES string of the molecule is CCC(C)N(C)Cc1ccc(C(=O)OC)c(F)c1. The van der Waals surface area contributed by atoms with Gasteiger partial charge in [0.15, 0.2) is 0 Å². The molecule has 0 saturated carbocycles. The molecular weight excluding hydrogens is 233 g/mol. The monoisotopic (exact) mass is 253 g/mol. The van der Waals surface area contributed by atoms with Crippen LogP contribution in [-0.2, 0) is 11.3 Å². The molecule has 18 heavy (non-hydrogen) atoms. The van der Waals surface area contributed by atoms with E-state index in [-0.39, 0.29) is 5.56 Å². The zero-order valence-corrected chi connectivity index (χ0v) is 11.4. The summed E-state index contributed by atoms with van der Waals surface area (Å²) in [5.74, 6) is -1.17. The Bertz CT molecular complexity index is 420. The van der Waals surface area contributed by atoms with Crippen LogP contribution in [0, 0.1) is 5.82 Å². The number of hydrogen-bond acceptors (Lipinski definition) is 3. The summed E-state index contributed by atoms with van der Waals surface area (Å²) in [6, 6.07) is 5.06. The Kier molecular flexibility index (Phi) is 5.28. The van der Waals surface area contributed by atoms with Gasteiger partial charge in [-0.15, -0.1) is 0 Å². The number of carbonyl (C=O) groups excluding carboxylic acids is 1. The average molecular weight is 253 g/mol. The van der Waals surface area contributed by atoms with E-state index < -0.39 is 11.8 Å². The molecule has 0 amide bonds. The highest BCUT2D eigenvalue weighted by Gasteiger charge is 2.13. The lowest BCUT2D eigenvalue weighted by Gasteiger charge is -2.23. The quantitative estimate of drug-likeness (QED) is 0.756. The minimum Gasteiger partial charge on any atom is -0.465 e. The first-order valence-electron chi connectivity index (χ1n) is 6.06. The summed E-state index contributed by atoms with van der Waals surface area (Å²) in [5, 5.41) is 0. The predicted molar refractivity (Wildman–Crippen MR) is 69.0 cm³/mol. The Balaban J connectivity index is 2.82. The van der Waals surface area contributed by atoms with Crippen LogP contribution in [0.15, 0.2) is 18.2 Å². The molecule has 1 aromatic carbocycles. The highest BCUT2D eigenvalue weighted by molar-refractivity contribution is 5.89. The van der Waals surface area contributed by atoms with E-state index >= 15 is 0 Å². The molecule has 1 atom stereocenters. The van der Waals surface area contributed by atoms with Gasteiger partial charge in [0, 0.05) is 12.6 Å². The average Bonchev–Trinajstić information content (AvgIpc) is 2.37. The molecule has 1 unspecified atom stereocenters. The maximum Gasteiger partial charge on any atom is 0.340 e. The summed E-state index contributed by atoms with van der Waals surface area (Å²) < 4.78 is 18.2. The van der Waals surface area contributed by atoms with E-state index in [0.29, 0.717) is 12.6 Å². The Hall–Kier alpha value is -1.42. The maximum atomic E-state index is 13.7. The van der Waals surface area contributed by atoms with Crippen molar-refractivity contribution in [2.24, 2.45) is 0 Å². The summed E-state index contributed by atoms with van der Waals surface area (Å²) in [6.07, 6.45) is 1.04. The van der Waals surface area contributed by atoms with Crippen molar-refractivity contribution in [2.75, 3.05) is 14.2 Å². The second kappa shape index (κ2) is 6.50. The van der Waals surface area contributed by atoms with E-state index in [2.05, 4.69) is 23.5 Å². The molecule has 0 fully saturated rings. The fourth-order valence-corrected chi connectivity index (χ4v) is 1.69. The Morgan fingerprint density at radius 1 is 1.50 bits per heavy atom.